The monoisotopic (exact) mass is 423 g/mol. The van der Waals surface area contributed by atoms with Crippen LogP contribution >= 0.6 is 0 Å². The summed E-state index contributed by atoms with van der Waals surface area (Å²) in [5.41, 5.74) is 5.78. The summed E-state index contributed by atoms with van der Waals surface area (Å²) >= 11 is 0. The first kappa shape index (κ1) is 21.0. The molecule has 1 aromatic heterocycles. The Labute approximate surface area is 186 Å². The topological polar surface area (TPSA) is 70.3 Å². The third-order valence-corrected chi connectivity index (χ3v) is 5.15. The molecule has 0 spiro atoms. The number of hydrogen-bond donors (Lipinski definition) is 2. The fourth-order valence-electron chi connectivity index (χ4n) is 3.66. The molecule has 0 aliphatic rings. The number of carbonyl (C=O) groups is 2. The van der Waals surface area contributed by atoms with Crippen molar-refractivity contribution in [3.8, 4) is 33.6 Å². The van der Waals surface area contributed by atoms with E-state index in [9.17, 15) is 9.59 Å². The smallest absolute Gasteiger partial charge is 0.322 e. The van der Waals surface area contributed by atoms with Gasteiger partial charge in [0.05, 0.1) is 0 Å². The van der Waals surface area contributed by atoms with Crippen LogP contribution in [0.15, 0.2) is 103 Å². The van der Waals surface area contributed by atoms with E-state index in [1.165, 1.54) is 0 Å². The highest BCUT2D eigenvalue weighted by Crippen LogP contribution is 2.29. The van der Waals surface area contributed by atoms with Gasteiger partial charge in [-0.25, -0.2) is 0 Å². The maximum atomic E-state index is 12.6. The van der Waals surface area contributed by atoms with Crippen LogP contribution in [0.1, 0.15) is 0 Å². The highest BCUT2D eigenvalue weighted by atomic mass is 16.4. The Bertz CT molecular complexity index is 1160. The van der Waals surface area contributed by atoms with E-state index in [1.807, 2.05) is 83.4 Å². The molecule has 4 aromatic rings. The molecule has 0 fully saturated rings. The zero-order valence-corrected chi connectivity index (χ0v) is 17.4. The summed E-state index contributed by atoms with van der Waals surface area (Å²) in [6, 6.07) is 34.0. The molecule has 1 amide bonds. The van der Waals surface area contributed by atoms with Crippen molar-refractivity contribution in [1.82, 2.24) is 5.32 Å². The van der Waals surface area contributed by atoms with Crippen LogP contribution in [-0.4, -0.2) is 23.5 Å². The average Bonchev–Trinajstić information content (AvgIpc) is 2.84. The quantitative estimate of drug-likeness (QED) is 0.438. The summed E-state index contributed by atoms with van der Waals surface area (Å²) in [5, 5.41) is 11.4. The Morgan fingerprint density at radius 2 is 1.09 bits per heavy atom. The molecule has 0 saturated carbocycles. The standard InChI is InChI=1S/C27H22N2O3/c30-26(28-18-27(31)32)19-29-24(21-12-6-2-7-13-21)16-23(20-10-4-1-5-11-20)17-25(29)22-14-8-3-9-15-22/h1-17H,18-19H2,(H-,28,30,31,32)/p+1. The number of carboxylic acids is 1. The van der Waals surface area contributed by atoms with Crippen LogP contribution in [-0.2, 0) is 16.1 Å². The molecule has 32 heavy (non-hydrogen) atoms. The lowest BCUT2D eigenvalue weighted by Crippen LogP contribution is -2.47. The van der Waals surface area contributed by atoms with Crippen LogP contribution in [0.3, 0.4) is 0 Å². The first-order chi connectivity index (χ1) is 15.6. The van der Waals surface area contributed by atoms with Crippen molar-refractivity contribution in [3.63, 3.8) is 0 Å². The van der Waals surface area contributed by atoms with Gasteiger partial charge in [0.2, 0.25) is 17.9 Å². The van der Waals surface area contributed by atoms with Gasteiger partial charge in [0.25, 0.3) is 5.91 Å². The van der Waals surface area contributed by atoms with Crippen LogP contribution < -0.4 is 9.88 Å². The minimum atomic E-state index is -1.07. The van der Waals surface area contributed by atoms with Gasteiger partial charge in [-0.05, 0) is 35.4 Å². The predicted octanol–water partition coefficient (Wildman–Crippen LogP) is 4.18. The number of benzene rings is 3. The Hall–Kier alpha value is -4.25. The number of rotatable bonds is 7. The van der Waals surface area contributed by atoms with Gasteiger partial charge in [-0.1, -0.05) is 66.7 Å². The van der Waals surface area contributed by atoms with E-state index in [4.69, 9.17) is 5.11 Å². The molecule has 0 saturated heterocycles. The third kappa shape index (κ3) is 4.90. The lowest BCUT2D eigenvalue weighted by Gasteiger charge is -2.13. The van der Waals surface area contributed by atoms with Crippen molar-refractivity contribution in [2.75, 3.05) is 6.54 Å². The molecule has 0 unspecified atom stereocenters. The zero-order chi connectivity index (χ0) is 22.3. The minimum absolute atomic E-state index is 0.00317. The molecule has 1 heterocycles. The van der Waals surface area contributed by atoms with E-state index in [0.29, 0.717) is 0 Å². The van der Waals surface area contributed by atoms with Crippen molar-refractivity contribution in [3.05, 3.63) is 103 Å². The lowest BCUT2D eigenvalue weighted by atomic mass is 9.99. The molecule has 5 nitrogen and oxygen atoms in total. The molecule has 0 bridgehead atoms. The second-order valence-corrected chi connectivity index (χ2v) is 7.37. The first-order valence-corrected chi connectivity index (χ1v) is 10.3. The van der Waals surface area contributed by atoms with Gasteiger partial charge in [-0.15, -0.1) is 0 Å². The highest BCUT2D eigenvalue weighted by molar-refractivity contribution is 5.81. The normalized spacial score (nSPS) is 10.5. The maximum absolute atomic E-state index is 12.6. The second-order valence-electron chi connectivity index (χ2n) is 7.37. The molecule has 158 valence electrons. The van der Waals surface area contributed by atoms with Crippen molar-refractivity contribution in [2.24, 2.45) is 0 Å². The Balaban J connectivity index is 1.92. The second kappa shape index (κ2) is 9.71. The number of nitrogens with zero attached hydrogens (tertiary/aromatic N) is 1. The van der Waals surface area contributed by atoms with Crippen molar-refractivity contribution in [1.29, 1.82) is 0 Å². The van der Waals surface area contributed by atoms with E-state index >= 15 is 0 Å². The first-order valence-electron chi connectivity index (χ1n) is 10.3. The van der Waals surface area contributed by atoms with Crippen LogP contribution in [0.2, 0.25) is 0 Å². The minimum Gasteiger partial charge on any atom is -0.480 e. The summed E-state index contributed by atoms with van der Waals surface area (Å²) in [7, 11) is 0. The summed E-state index contributed by atoms with van der Waals surface area (Å²) in [6.45, 7) is -0.417. The third-order valence-electron chi connectivity index (χ3n) is 5.15. The fourth-order valence-corrected chi connectivity index (χ4v) is 3.66. The SMILES string of the molecule is O=C(O)CNC(=O)C[n+]1c(-c2ccccc2)cc(-c2ccccc2)cc1-c1ccccc1. The van der Waals surface area contributed by atoms with Crippen LogP contribution in [0.25, 0.3) is 33.6 Å². The number of carbonyl (C=O) groups excluding carboxylic acids is 1. The molecule has 0 radical (unpaired) electrons. The molecule has 4 rings (SSSR count). The van der Waals surface area contributed by atoms with Gasteiger partial charge in [-0.2, -0.15) is 4.57 Å². The van der Waals surface area contributed by atoms with Gasteiger partial charge < -0.3 is 10.4 Å². The van der Waals surface area contributed by atoms with E-state index in [-0.39, 0.29) is 12.5 Å². The zero-order valence-electron chi connectivity index (χ0n) is 17.4. The number of amides is 1. The number of aromatic nitrogens is 1. The summed E-state index contributed by atoms with van der Waals surface area (Å²) in [5.74, 6) is -1.44. The van der Waals surface area contributed by atoms with Gasteiger partial charge in [0.15, 0.2) is 0 Å². The Morgan fingerprint density at radius 3 is 1.53 bits per heavy atom. The van der Waals surface area contributed by atoms with Gasteiger partial charge in [0.1, 0.15) is 6.54 Å². The van der Waals surface area contributed by atoms with E-state index in [1.54, 1.807) is 0 Å². The number of pyridine rings is 1. The number of carboxylic acid groups (broad SMARTS) is 1. The molecular formula is C27H23N2O3+. The Kier molecular flexibility index (Phi) is 6.37. The van der Waals surface area contributed by atoms with Crippen LogP contribution in [0.4, 0.5) is 0 Å². The average molecular weight is 423 g/mol. The van der Waals surface area contributed by atoms with E-state index in [0.717, 1.165) is 33.6 Å². The number of nitrogens with one attached hydrogen (secondary N) is 1. The molecule has 2 N–H and O–H groups in total. The molecule has 5 heteroatoms. The molecule has 3 aromatic carbocycles. The molecule has 0 aliphatic carbocycles. The summed E-state index contributed by atoms with van der Waals surface area (Å²) < 4.78 is 1.94. The Morgan fingerprint density at radius 1 is 0.656 bits per heavy atom. The van der Waals surface area contributed by atoms with Crippen molar-refractivity contribution >= 4 is 11.9 Å². The lowest BCUT2D eigenvalue weighted by molar-refractivity contribution is -0.662. The van der Waals surface area contributed by atoms with Crippen LogP contribution in [0.5, 0.6) is 0 Å². The predicted molar refractivity (Wildman–Crippen MR) is 124 cm³/mol. The number of aliphatic carboxylic acids is 1. The van der Waals surface area contributed by atoms with Gasteiger partial charge in [0, 0.05) is 23.3 Å². The van der Waals surface area contributed by atoms with Crippen molar-refractivity contribution < 1.29 is 19.3 Å². The van der Waals surface area contributed by atoms with E-state index in [2.05, 4.69) is 29.6 Å². The van der Waals surface area contributed by atoms with Gasteiger partial charge in [-0.3, -0.25) is 9.59 Å². The molecular weight excluding hydrogens is 400 g/mol. The van der Waals surface area contributed by atoms with E-state index < -0.39 is 12.5 Å². The summed E-state index contributed by atoms with van der Waals surface area (Å²) in [4.78, 5) is 23.6. The van der Waals surface area contributed by atoms with Crippen molar-refractivity contribution in [2.45, 2.75) is 6.54 Å². The summed E-state index contributed by atoms with van der Waals surface area (Å²) in [6.07, 6.45) is 0. The van der Waals surface area contributed by atoms with Gasteiger partial charge >= 0.3 is 5.97 Å². The molecule has 0 atom stereocenters. The van der Waals surface area contributed by atoms with Crippen LogP contribution in [0, 0.1) is 0 Å². The molecule has 0 aliphatic heterocycles. The largest absolute Gasteiger partial charge is 0.480 e. The number of hydrogen-bond acceptors (Lipinski definition) is 2. The fraction of sp³-hybridized carbons (Fsp3) is 0.0741. The maximum Gasteiger partial charge on any atom is 0.322 e. The highest BCUT2D eigenvalue weighted by Gasteiger charge is 2.25.